The van der Waals surface area contributed by atoms with Gasteiger partial charge in [0.25, 0.3) is 0 Å². The predicted octanol–water partition coefficient (Wildman–Crippen LogP) is 3.51. The Labute approximate surface area is 79.5 Å². The van der Waals surface area contributed by atoms with Crippen molar-refractivity contribution in [3.63, 3.8) is 0 Å². The van der Waals surface area contributed by atoms with Crippen LogP contribution in [-0.4, -0.2) is 0 Å². The summed E-state index contributed by atoms with van der Waals surface area (Å²) in [6, 6.07) is 0. The Morgan fingerprint density at radius 3 is 1.67 bits per heavy atom. The Balaban J connectivity index is 2.60. The topological polar surface area (TPSA) is 0 Å². The number of hydrogen-bond donors (Lipinski definition) is 0. The van der Waals surface area contributed by atoms with E-state index in [2.05, 4.69) is 13.8 Å². The van der Waals surface area contributed by atoms with E-state index in [-0.39, 0.29) is 36.7 Å². The summed E-state index contributed by atoms with van der Waals surface area (Å²) in [6.07, 6.45) is 5.87. The zero-order valence-corrected chi connectivity index (χ0v) is 9.95. The molecule has 0 atom stereocenters. The minimum atomic E-state index is -0.0390. The SMILES string of the molecule is CCC[CH2][Nd][CH2]CCC. The van der Waals surface area contributed by atoms with Crippen LogP contribution in [0.5, 0.6) is 0 Å². The molecule has 0 amide bonds. The summed E-state index contributed by atoms with van der Waals surface area (Å²) in [6.45, 7) is 4.59. The van der Waals surface area contributed by atoms with E-state index in [1.54, 1.807) is 4.14 Å². The van der Waals surface area contributed by atoms with Gasteiger partial charge in [0.1, 0.15) is 0 Å². The maximum absolute atomic E-state index is 2.29. The maximum atomic E-state index is 2.29. The number of unbranched alkanes of at least 4 members (excludes halogenated alkanes) is 2. The molecule has 54 valence electrons. The van der Waals surface area contributed by atoms with Gasteiger partial charge in [0, 0.05) is 0 Å². The van der Waals surface area contributed by atoms with Crippen molar-refractivity contribution < 1.29 is 36.7 Å². The van der Waals surface area contributed by atoms with Crippen LogP contribution in [0.15, 0.2) is 0 Å². The zero-order chi connectivity index (χ0) is 6.95. The standard InChI is InChI=1S/2C4H9.Nd/c2*1-3-4-2;/h2*1,3-4H2,2H3;. The second-order valence-corrected chi connectivity index (χ2v) is 7.27. The van der Waals surface area contributed by atoms with Crippen LogP contribution < -0.4 is 0 Å². The fourth-order valence-corrected chi connectivity index (χ4v) is 5.40. The monoisotopic (exact) mass is 256 g/mol. The van der Waals surface area contributed by atoms with E-state index in [1.807, 2.05) is 0 Å². The van der Waals surface area contributed by atoms with Gasteiger partial charge in [-0.25, -0.2) is 0 Å². The first-order valence-electron chi connectivity index (χ1n) is 4.12. The Bertz CT molecular complexity index is 37.8. The molecule has 0 rings (SSSR count). The molecular weight excluding hydrogens is 240 g/mol. The quantitative estimate of drug-likeness (QED) is 0.640. The molecule has 9 heavy (non-hydrogen) atoms. The van der Waals surface area contributed by atoms with Crippen molar-refractivity contribution in [1.82, 2.24) is 0 Å². The Morgan fingerprint density at radius 1 is 0.889 bits per heavy atom. The fraction of sp³-hybridized carbons (Fsp3) is 1.00. The first kappa shape index (κ1) is 10.4. The summed E-state index contributed by atoms with van der Waals surface area (Å²) in [7, 11) is 0. The normalized spacial score (nSPS) is 9.56. The van der Waals surface area contributed by atoms with Crippen LogP contribution in [0.3, 0.4) is 0 Å². The molecule has 0 spiro atoms. The number of hydrogen-bond acceptors (Lipinski definition) is 0. The molecule has 0 fully saturated rings. The zero-order valence-electron chi connectivity index (χ0n) is 6.74. The van der Waals surface area contributed by atoms with Crippen LogP contribution >= 0.6 is 0 Å². The summed E-state index contributed by atoms with van der Waals surface area (Å²) in [5.41, 5.74) is 0. The molecule has 0 saturated carbocycles. The first-order chi connectivity index (χ1) is 4.41. The molecule has 0 bridgehead atoms. The van der Waals surface area contributed by atoms with Crippen molar-refractivity contribution >= 4 is 0 Å². The average Bonchev–Trinajstić information content (AvgIpc) is 1.89. The van der Waals surface area contributed by atoms with Crippen molar-refractivity contribution in [1.29, 1.82) is 0 Å². The van der Waals surface area contributed by atoms with Gasteiger partial charge >= 0.3 is 80.4 Å². The Morgan fingerprint density at radius 2 is 1.33 bits per heavy atom. The van der Waals surface area contributed by atoms with E-state index < -0.39 is 0 Å². The van der Waals surface area contributed by atoms with Crippen LogP contribution in [-0.2, 0) is 0 Å². The Hall–Kier alpha value is 1.35. The molecule has 0 aromatic carbocycles. The van der Waals surface area contributed by atoms with Gasteiger partial charge in [0.05, 0.1) is 0 Å². The second kappa shape index (κ2) is 9.35. The van der Waals surface area contributed by atoms with Crippen LogP contribution in [0.4, 0.5) is 0 Å². The van der Waals surface area contributed by atoms with Crippen molar-refractivity contribution in [2.24, 2.45) is 0 Å². The van der Waals surface area contributed by atoms with Gasteiger partial charge in [0.2, 0.25) is 0 Å². The third-order valence-electron chi connectivity index (χ3n) is 1.41. The van der Waals surface area contributed by atoms with Crippen molar-refractivity contribution in [2.75, 3.05) is 0 Å². The average molecular weight is 258 g/mol. The molecular formula is C8H18Nd. The van der Waals surface area contributed by atoms with Gasteiger partial charge in [0.15, 0.2) is 0 Å². The predicted molar refractivity (Wildman–Crippen MR) is 39.4 cm³/mol. The molecule has 0 N–H and O–H groups in total. The summed E-state index contributed by atoms with van der Waals surface area (Å²) in [5, 5.41) is 0. The number of rotatable bonds is 6. The summed E-state index contributed by atoms with van der Waals surface area (Å²) in [5.74, 6) is 0. The van der Waals surface area contributed by atoms with Gasteiger partial charge in [-0.1, -0.05) is 0 Å². The van der Waals surface area contributed by atoms with Crippen LogP contribution in [0, 0.1) is 36.7 Å². The van der Waals surface area contributed by atoms with Gasteiger partial charge in [-0.15, -0.1) is 0 Å². The third-order valence-corrected chi connectivity index (χ3v) is 5.95. The molecule has 0 aromatic rings. The van der Waals surface area contributed by atoms with Gasteiger partial charge < -0.3 is 0 Å². The molecule has 0 heterocycles. The second-order valence-electron chi connectivity index (χ2n) is 2.46. The minimum absolute atomic E-state index is 0.0390. The van der Waals surface area contributed by atoms with Crippen LogP contribution in [0.25, 0.3) is 0 Å². The van der Waals surface area contributed by atoms with Gasteiger partial charge in [-0.3, -0.25) is 0 Å². The molecule has 0 radical (unpaired) electrons. The van der Waals surface area contributed by atoms with Gasteiger partial charge in [-0.05, 0) is 0 Å². The summed E-state index contributed by atoms with van der Waals surface area (Å²) < 4.78 is 3.30. The molecule has 0 aliphatic carbocycles. The van der Waals surface area contributed by atoms with E-state index >= 15 is 0 Å². The molecule has 1 heteroatoms. The van der Waals surface area contributed by atoms with E-state index in [9.17, 15) is 0 Å². The molecule has 0 aromatic heterocycles. The van der Waals surface area contributed by atoms with E-state index in [0.29, 0.717) is 0 Å². The fourth-order valence-electron chi connectivity index (χ4n) is 0.729. The van der Waals surface area contributed by atoms with E-state index in [1.165, 1.54) is 25.7 Å². The van der Waals surface area contributed by atoms with Crippen LogP contribution in [0.1, 0.15) is 39.5 Å². The van der Waals surface area contributed by atoms with Crippen molar-refractivity contribution in [3.8, 4) is 0 Å². The van der Waals surface area contributed by atoms with Crippen molar-refractivity contribution in [2.45, 2.75) is 43.7 Å². The molecule has 0 aliphatic heterocycles. The van der Waals surface area contributed by atoms with E-state index in [4.69, 9.17) is 0 Å². The third kappa shape index (κ3) is 9.35. The summed E-state index contributed by atoms with van der Waals surface area (Å²) >= 11 is -0.0390. The molecule has 0 unspecified atom stereocenters. The van der Waals surface area contributed by atoms with Crippen molar-refractivity contribution in [3.05, 3.63) is 0 Å². The molecule has 0 saturated heterocycles. The van der Waals surface area contributed by atoms with Crippen LogP contribution in [0.2, 0.25) is 4.14 Å². The first-order valence-corrected chi connectivity index (χ1v) is 8.66. The molecule has 0 aliphatic rings. The van der Waals surface area contributed by atoms with E-state index in [0.717, 1.165) is 0 Å². The molecule has 0 nitrogen and oxygen atoms in total. The summed E-state index contributed by atoms with van der Waals surface area (Å²) in [4.78, 5) is 0. The van der Waals surface area contributed by atoms with Gasteiger partial charge in [-0.2, -0.15) is 0 Å². The Kier molecular flexibility index (Phi) is 10.8.